The summed E-state index contributed by atoms with van der Waals surface area (Å²) in [5.74, 6) is 0.484. The Hall–Kier alpha value is -3.44. The van der Waals surface area contributed by atoms with Crippen molar-refractivity contribution in [2.75, 3.05) is 0 Å². The van der Waals surface area contributed by atoms with E-state index in [1.165, 1.54) is 17.7 Å². The summed E-state index contributed by atoms with van der Waals surface area (Å²) in [6, 6.07) is 24.8. The molecule has 5 rings (SSSR count). The molecule has 0 saturated heterocycles. The first kappa shape index (κ1) is 18.6. The van der Waals surface area contributed by atoms with Gasteiger partial charge >= 0.3 is 0 Å². The van der Waals surface area contributed by atoms with Gasteiger partial charge in [0, 0.05) is 16.3 Å². The molecular formula is C25H19FN2OS. The fourth-order valence-electron chi connectivity index (χ4n) is 3.57. The van der Waals surface area contributed by atoms with Crippen LogP contribution in [0.25, 0.3) is 22.4 Å². The molecule has 5 aromatic rings. The third-order valence-corrected chi connectivity index (χ3v) is 5.96. The standard InChI is InChI=1S/C25H19FN2OS/c1-17-21-14-19(26)12-13-23(21)29-24(17)22-16-30-25(27-20-10-6-3-7-11-20)28(22)15-18-8-4-2-5-9-18/h2-14,16H,15H2,1H3. The molecule has 5 heteroatoms. The van der Waals surface area contributed by atoms with Crippen LogP contribution in [0.4, 0.5) is 10.1 Å². The van der Waals surface area contributed by atoms with Gasteiger partial charge in [-0.2, -0.15) is 0 Å². The minimum atomic E-state index is -0.264. The van der Waals surface area contributed by atoms with Gasteiger partial charge in [0.25, 0.3) is 0 Å². The zero-order valence-corrected chi connectivity index (χ0v) is 17.2. The second-order valence-electron chi connectivity index (χ2n) is 7.12. The number of aryl methyl sites for hydroxylation is 1. The molecular weight excluding hydrogens is 395 g/mol. The Morgan fingerprint density at radius 1 is 0.967 bits per heavy atom. The summed E-state index contributed by atoms with van der Waals surface area (Å²) in [5, 5.41) is 2.86. The highest BCUT2D eigenvalue weighted by molar-refractivity contribution is 7.07. The molecule has 0 aliphatic carbocycles. The van der Waals surface area contributed by atoms with Gasteiger partial charge in [-0.25, -0.2) is 9.38 Å². The Kier molecular flexibility index (Phi) is 4.81. The van der Waals surface area contributed by atoms with Crippen LogP contribution in [0.2, 0.25) is 0 Å². The number of para-hydroxylation sites is 1. The van der Waals surface area contributed by atoms with Crippen molar-refractivity contribution >= 4 is 28.0 Å². The second kappa shape index (κ2) is 7.76. The zero-order valence-electron chi connectivity index (χ0n) is 16.4. The number of halogens is 1. The largest absolute Gasteiger partial charge is 0.454 e. The number of rotatable bonds is 4. The van der Waals surface area contributed by atoms with Gasteiger partial charge in [-0.15, -0.1) is 11.3 Å². The molecule has 0 atom stereocenters. The van der Waals surface area contributed by atoms with Crippen molar-refractivity contribution in [3.05, 3.63) is 106 Å². The number of aromatic nitrogens is 1. The van der Waals surface area contributed by atoms with Crippen LogP contribution in [0.3, 0.4) is 0 Å². The molecule has 3 aromatic carbocycles. The molecule has 148 valence electrons. The Labute approximate surface area is 177 Å². The van der Waals surface area contributed by atoms with E-state index in [0.29, 0.717) is 12.1 Å². The van der Waals surface area contributed by atoms with Crippen molar-refractivity contribution in [3.8, 4) is 11.5 Å². The first-order valence-electron chi connectivity index (χ1n) is 9.70. The van der Waals surface area contributed by atoms with Crippen LogP contribution in [-0.2, 0) is 6.54 Å². The van der Waals surface area contributed by atoms with Gasteiger partial charge in [0.2, 0.25) is 0 Å². The number of hydrogen-bond acceptors (Lipinski definition) is 3. The number of thiazole rings is 1. The summed E-state index contributed by atoms with van der Waals surface area (Å²) in [4.78, 5) is 5.74. The fraction of sp³-hybridized carbons (Fsp3) is 0.0800. The second-order valence-corrected chi connectivity index (χ2v) is 7.96. The lowest BCUT2D eigenvalue weighted by atomic mass is 10.1. The van der Waals surface area contributed by atoms with Gasteiger partial charge < -0.3 is 8.98 Å². The van der Waals surface area contributed by atoms with E-state index < -0.39 is 0 Å². The molecule has 2 heterocycles. The molecule has 0 aliphatic heterocycles. The predicted octanol–water partition coefficient (Wildman–Crippen LogP) is 6.69. The van der Waals surface area contributed by atoms with E-state index in [9.17, 15) is 4.39 Å². The summed E-state index contributed by atoms with van der Waals surface area (Å²) in [6.07, 6.45) is 0. The Morgan fingerprint density at radius 2 is 1.70 bits per heavy atom. The number of fused-ring (bicyclic) bond motifs is 1. The fourth-order valence-corrected chi connectivity index (χ4v) is 4.47. The SMILES string of the molecule is Cc1c(-c2csc(=Nc3ccccc3)n2Cc2ccccc2)oc2ccc(F)cc12. The lowest BCUT2D eigenvalue weighted by Crippen LogP contribution is -2.16. The Bertz CT molecular complexity index is 1380. The average molecular weight is 415 g/mol. The Morgan fingerprint density at radius 3 is 2.47 bits per heavy atom. The first-order chi connectivity index (χ1) is 14.7. The van der Waals surface area contributed by atoms with Gasteiger partial charge in [0.1, 0.15) is 11.4 Å². The summed E-state index contributed by atoms with van der Waals surface area (Å²) in [7, 11) is 0. The van der Waals surface area contributed by atoms with Gasteiger partial charge in [0.05, 0.1) is 17.9 Å². The molecule has 3 nitrogen and oxygen atoms in total. The molecule has 0 unspecified atom stereocenters. The van der Waals surface area contributed by atoms with Crippen LogP contribution in [-0.4, -0.2) is 4.57 Å². The summed E-state index contributed by atoms with van der Waals surface area (Å²) in [5.41, 5.74) is 4.62. The van der Waals surface area contributed by atoms with Crippen molar-refractivity contribution in [2.24, 2.45) is 4.99 Å². The molecule has 0 saturated carbocycles. The van der Waals surface area contributed by atoms with Crippen LogP contribution >= 0.6 is 11.3 Å². The van der Waals surface area contributed by atoms with E-state index in [1.807, 2.05) is 55.5 Å². The van der Waals surface area contributed by atoms with Crippen molar-refractivity contribution < 1.29 is 8.81 Å². The predicted molar refractivity (Wildman–Crippen MR) is 119 cm³/mol. The maximum atomic E-state index is 13.8. The molecule has 0 amide bonds. The van der Waals surface area contributed by atoms with E-state index in [4.69, 9.17) is 9.41 Å². The minimum absolute atomic E-state index is 0.264. The van der Waals surface area contributed by atoms with Crippen LogP contribution in [0, 0.1) is 12.7 Å². The minimum Gasteiger partial charge on any atom is -0.454 e. The molecule has 30 heavy (non-hydrogen) atoms. The number of nitrogens with zero attached hydrogens (tertiary/aromatic N) is 2. The van der Waals surface area contributed by atoms with Gasteiger partial charge in [0.15, 0.2) is 10.6 Å². The van der Waals surface area contributed by atoms with E-state index in [0.717, 1.165) is 32.9 Å². The smallest absolute Gasteiger partial charge is 0.190 e. The lowest BCUT2D eigenvalue weighted by Gasteiger charge is -2.08. The van der Waals surface area contributed by atoms with Gasteiger partial charge in [-0.05, 0) is 42.8 Å². The summed E-state index contributed by atoms with van der Waals surface area (Å²) in [6.45, 7) is 2.63. The summed E-state index contributed by atoms with van der Waals surface area (Å²) >= 11 is 1.57. The maximum Gasteiger partial charge on any atom is 0.190 e. The van der Waals surface area contributed by atoms with Crippen molar-refractivity contribution in [2.45, 2.75) is 13.5 Å². The van der Waals surface area contributed by atoms with Crippen molar-refractivity contribution in [1.29, 1.82) is 0 Å². The van der Waals surface area contributed by atoms with E-state index in [1.54, 1.807) is 17.4 Å². The third kappa shape index (κ3) is 3.48. The molecule has 0 spiro atoms. The highest BCUT2D eigenvalue weighted by Gasteiger charge is 2.18. The van der Waals surface area contributed by atoms with E-state index >= 15 is 0 Å². The quantitative estimate of drug-likeness (QED) is 0.322. The Balaban J connectivity index is 1.71. The van der Waals surface area contributed by atoms with Crippen molar-refractivity contribution in [1.82, 2.24) is 4.57 Å². The van der Waals surface area contributed by atoms with Crippen LogP contribution in [0.15, 0.2) is 93.7 Å². The monoisotopic (exact) mass is 414 g/mol. The van der Waals surface area contributed by atoms with Gasteiger partial charge in [-0.3, -0.25) is 0 Å². The molecule has 0 bridgehead atoms. The van der Waals surface area contributed by atoms with Gasteiger partial charge in [-0.1, -0.05) is 48.5 Å². The lowest BCUT2D eigenvalue weighted by molar-refractivity contribution is 0.610. The van der Waals surface area contributed by atoms with Crippen LogP contribution < -0.4 is 4.80 Å². The topological polar surface area (TPSA) is 30.4 Å². The average Bonchev–Trinajstić information content (AvgIpc) is 3.30. The molecule has 0 radical (unpaired) electrons. The summed E-state index contributed by atoms with van der Waals surface area (Å²) < 4.78 is 22.1. The van der Waals surface area contributed by atoms with Crippen LogP contribution in [0.5, 0.6) is 0 Å². The molecule has 0 N–H and O–H groups in total. The zero-order chi connectivity index (χ0) is 20.5. The third-order valence-electron chi connectivity index (χ3n) is 5.09. The van der Waals surface area contributed by atoms with Crippen molar-refractivity contribution in [3.63, 3.8) is 0 Å². The molecule has 0 aliphatic rings. The number of furan rings is 1. The van der Waals surface area contributed by atoms with Crippen LogP contribution in [0.1, 0.15) is 11.1 Å². The van der Waals surface area contributed by atoms with E-state index in [2.05, 4.69) is 22.1 Å². The first-order valence-corrected chi connectivity index (χ1v) is 10.6. The molecule has 2 aromatic heterocycles. The number of hydrogen-bond donors (Lipinski definition) is 0. The normalized spacial score (nSPS) is 12.0. The highest BCUT2D eigenvalue weighted by atomic mass is 32.1. The highest BCUT2D eigenvalue weighted by Crippen LogP contribution is 2.34. The number of benzene rings is 3. The molecule has 0 fully saturated rings. The van der Waals surface area contributed by atoms with E-state index in [-0.39, 0.29) is 5.82 Å². The maximum absolute atomic E-state index is 13.8.